The number of rotatable bonds is 1. The Labute approximate surface area is 78.5 Å². The SMILES string of the molecule is [C-]#[N+]/C=C/c1cc(C)c(N)c(C)c1. The van der Waals surface area contributed by atoms with Crippen molar-refractivity contribution < 1.29 is 0 Å². The van der Waals surface area contributed by atoms with Crippen molar-refractivity contribution in [1.82, 2.24) is 0 Å². The van der Waals surface area contributed by atoms with Gasteiger partial charge in [-0.2, -0.15) is 0 Å². The normalized spacial score (nSPS) is 10.2. The van der Waals surface area contributed by atoms with Crippen molar-refractivity contribution >= 4 is 11.8 Å². The van der Waals surface area contributed by atoms with Gasteiger partial charge >= 0.3 is 0 Å². The van der Waals surface area contributed by atoms with E-state index in [1.807, 2.05) is 26.0 Å². The van der Waals surface area contributed by atoms with E-state index in [2.05, 4.69) is 4.85 Å². The second-order valence-electron chi connectivity index (χ2n) is 3.01. The quantitative estimate of drug-likeness (QED) is 0.512. The van der Waals surface area contributed by atoms with Crippen molar-refractivity contribution in [2.45, 2.75) is 13.8 Å². The van der Waals surface area contributed by atoms with E-state index in [9.17, 15) is 0 Å². The van der Waals surface area contributed by atoms with Gasteiger partial charge in [0.25, 0.3) is 0 Å². The molecule has 2 nitrogen and oxygen atoms in total. The van der Waals surface area contributed by atoms with E-state index in [0.29, 0.717) is 0 Å². The predicted molar refractivity (Wildman–Crippen MR) is 56.0 cm³/mol. The zero-order chi connectivity index (χ0) is 9.84. The van der Waals surface area contributed by atoms with E-state index in [1.165, 1.54) is 6.20 Å². The molecule has 0 aromatic heterocycles. The third kappa shape index (κ3) is 2.09. The van der Waals surface area contributed by atoms with Gasteiger partial charge in [-0.1, -0.05) is 18.2 Å². The number of nitrogen functional groups attached to an aromatic ring is 1. The lowest BCUT2D eigenvalue weighted by molar-refractivity contribution is 1.38. The first-order valence-corrected chi connectivity index (χ1v) is 4.05. The number of benzene rings is 1. The molecule has 0 saturated heterocycles. The van der Waals surface area contributed by atoms with Crippen LogP contribution in [0.2, 0.25) is 0 Å². The smallest absolute Gasteiger partial charge is 0.154 e. The molecule has 0 aliphatic rings. The highest BCUT2D eigenvalue weighted by Crippen LogP contribution is 2.19. The van der Waals surface area contributed by atoms with Crippen LogP contribution in [0.15, 0.2) is 18.3 Å². The molecule has 1 aromatic carbocycles. The number of hydrogen-bond donors (Lipinski definition) is 1. The lowest BCUT2D eigenvalue weighted by atomic mass is 10.0. The largest absolute Gasteiger partial charge is 0.398 e. The Morgan fingerprint density at radius 2 is 1.85 bits per heavy atom. The van der Waals surface area contributed by atoms with Gasteiger partial charge in [0.05, 0.1) is 6.57 Å². The standard InChI is InChI=1S/C11H12N2/c1-8-6-10(4-5-13-3)7-9(2)11(8)12/h4-7H,12H2,1-2H3/b5-4+. The first-order chi connectivity index (χ1) is 6.15. The van der Waals surface area contributed by atoms with Crippen molar-refractivity contribution in [3.8, 4) is 0 Å². The zero-order valence-corrected chi connectivity index (χ0v) is 7.83. The van der Waals surface area contributed by atoms with Crippen LogP contribution < -0.4 is 5.73 Å². The van der Waals surface area contributed by atoms with Gasteiger partial charge in [0.15, 0.2) is 6.20 Å². The van der Waals surface area contributed by atoms with Crippen molar-refractivity contribution in [3.05, 3.63) is 46.4 Å². The molecule has 1 aromatic rings. The second-order valence-corrected chi connectivity index (χ2v) is 3.01. The number of nitrogens with zero attached hydrogens (tertiary/aromatic N) is 1. The van der Waals surface area contributed by atoms with Gasteiger partial charge in [-0.05, 0) is 30.5 Å². The molecular formula is C11H12N2. The number of nitrogens with two attached hydrogens (primary N) is 1. The van der Waals surface area contributed by atoms with Gasteiger partial charge in [-0.3, -0.25) is 0 Å². The Morgan fingerprint density at radius 3 is 2.31 bits per heavy atom. The lowest BCUT2D eigenvalue weighted by Crippen LogP contribution is -1.93. The monoisotopic (exact) mass is 172 g/mol. The van der Waals surface area contributed by atoms with Crippen LogP contribution in [0.1, 0.15) is 16.7 Å². The Hall–Kier alpha value is -1.75. The third-order valence-electron chi connectivity index (χ3n) is 1.96. The van der Waals surface area contributed by atoms with Gasteiger partial charge in [-0.25, -0.2) is 4.85 Å². The van der Waals surface area contributed by atoms with Crippen molar-refractivity contribution in [2.75, 3.05) is 5.73 Å². The summed E-state index contributed by atoms with van der Waals surface area (Å²) in [6.07, 6.45) is 3.23. The van der Waals surface area contributed by atoms with Crippen LogP contribution >= 0.6 is 0 Å². The fraction of sp³-hybridized carbons (Fsp3) is 0.182. The minimum absolute atomic E-state index is 0.833. The molecule has 0 saturated carbocycles. The van der Waals surface area contributed by atoms with Crippen LogP contribution in [0.3, 0.4) is 0 Å². The highest BCUT2D eigenvalue weighted by Gasteiger charge is 1.98. The Bertz CT molecular complexity index is 361. The highest BCUT2D eigenvalue weighted by atomic mass is 14.6. The molecule has 13 heavy (non-hydrogen) atoms. The van der Waals surface area contributed by atoms with E-state index in [0.717, 1.165) is 22.4 Å². The van der Waals surface area contributed by atoms with Crippen LogP contribution in [0.5, 0.6) is 0 Å². The number of hydrogen-bond acceptors (Lipinski definition) is 1. The van der Waals surface area contributed by atoms with E-state index in [4.69, 9.17) is 12.3 Å². The summed E-state index contributed by atoms with van der Waals surface area (Å²) in [5, 5.41) is 0. The van der Waals surface area contributed by atoms with Crippen molar-refractivity contribution in [2.24, 2.45) is 0 Å². The summed E-state index contributed by atoms with van der Waals surface area (Å²) in [6.45, 7) is 10.6. The summed E-state index contributed by atoms with van der Waals surface area (Å²) in [7, 11) is 0. The van der Waals surface area contributed by atoms with Gasteiger partial charge < -0.3 is 5.73 Å². The minimum atomic E-state index is 0.833. The lowest BCUT2D eigenvalue weighted by Gasteiger charge is -2.05. The molecule has 0 aliphatic heterocycles. The Balaban J connectivity index is 3.15. The van der Waals surface area contributed by atoms with Crippen LogP contribution in [0.4, 0.5) is 5.69 Å². The molecule has 0 bridgehead atoms. The van der Waals surface area contributed by atoms with Crippen LogP contribution in [-0.2, 0) is 0 Å². The minimum Gasteiger partial charge on any atom is -0.398 e. The van der Waals surface area contributed by atoms with Crippen LogP contribution in [0, 0.1) is 20.4 Å². The van der Waals surface area contributed by atoms with Crippen LogP contribution in [0.25, 0.3) is 10.9 Å². The molecule has 0 aliphatic carbocycles. The highest BCUT2D eigenvalue weighted by molar-refractivity contribution is 5.61. The molecule has 0 heterocycles. The van der Waals surface area contributed by atoms with Crippen molar-refractivity contribution in [3.63, 3.8) is 0 Å². The Kier molecular flexibility index (Phi) is 2.71. The topological polar surface area (TPSA) is 30.4 Å². The van der Waals surface area contributed by atoms with E-state index >= 15 is 0 Å². The summed E-state index contributed by atoms with van der Waals surface area (Å²) in [6, 6.07) is 3.95. The Morgan fingerprint density at radius 1 is 1.31 bits per heavy atom. The van der Waals surface area contributed by atoms with Gasteiger partial charge in [0.1, 0.15) is 0 Å². The van der Waals surface area contributed by atoms with E-state index in [-0.39, 0.29) is 0 Å². The molecule has 0 unspecified atom stereocenters. The summed E-state index contributed by atoms with van der Waals surface area (Å²) < 4.78 is 0. The summed E-state index contributed by atoms with van der Waals surface area (Å²) in [5.41, 5.74) is 9.78. The van der Waals surface area contributed by atoms with Crippen molar-refractivity contribution in [1.29, 1.82) is 0 Å². The maximum atomic E-state index is 6.62. The molecule has 0 amide bonds. The predicted octanol–water partition coefficient (Wildman–Crippen LogP) is 2.78. The molecular weight excluding hydrogens is 160 g/mol. The average molecular weight is 172 g/mol. The first kappa shape index (κ1) is 9.34. The molecule has 1 rings (SSSR count). The van der Waals surface area contributed by atoms with E-state index < -0.39 is 0 Å². The molecule has 2 N–H and O–H groups in total. The maximum absolute atomic E-state index is 6.62. The fourth-order valence-electron chi connectivity index (χ4n) is 1.23. The zero-order valence-electron chi connectivity index (χ0n) is 7.83. The third-order valence-corrected chi connectivity index (χ3v) is 1.96. The van der Waals surface area contributed by atoms with Gasteiger partial charge in [0.2, 0.25) is 0 Å². The fourth-order valence-corrected chi connectivity index (χ4v) is 1.23. The summed E-state index contributed by atoms with van der Waals surface area (Å²) >= 11 is 0. The number of anilines is 1. The molecule has 0 radical (unpaired) electrons. The second kappa shape index (κ2) is 3.77. The first-order valence-electron chi connectivity index (χ1n) is 4.05. The summed E-state index contributed by atoms with van der Waals surface area (Å²) in [5.74, 6) is 0. The van der Waals surface area contributed by atoms with E-state index in [1.54, 1.807) is 6.08 Å². The van der Waals surface area contributed by atoms with Crippen LogP contribution in [-0.4, -0.2) is 0 Å². The van der Waals surface area contributed by atoms with Gasteiger partial charge in [0, 0.05) is 5.69 Å². The number of aryl methyl sites for hydroxylation is 2. The molecule has 66 valence electrons. The van der Waals surface area contributed by atoms with Gasteiger partial charge in [-0.15, -0.1) is 0 Å². The summed E-state index contributed by atoms with van der Waals surface area (Å²) in [4.78, 5) is 3.15. The molecule has 2 heteroatoms. The average Bonchev–Trinajstić information content (AvgIpc) is 2.10. The molecule has 0 atom stereocenters. The molecule has 0 fully saturated rings. The maximum Gasteiger partial charge on any atom is 0.154 e. The molecule has 0 spiro atoms.